The van der Waals surface area contributed by atoms with E-state index in [2.05, 4.69) is 14.9 Å². The van der Waals surface area contributed by atoms with Crippen molar-refractivity contribution in [1.82, 2.24) is 14.9 Å². The highest BCUT2D eigenvalue weighted by Crippen LogP contribution is 2.22. The van der Waals surface area contributed by atoms with Crippen LogP contribution >= 0.6 is 34.5 Å². The summed E-state index contributed by atoms with van der Waals surface area (Å²) in [5.41, 5.74) is 1.50. The Morgan fingerprint density at radius 3 is 2.32 bits per heavy atom. The van der Waals surface area contributed by atoms with E-state index < -0.39 is 0 Å². The quantitative estimate of drug-likeness (QED) is 0.775. The zero-order valence-corrected chi connectivity index (χ0v) is 14.3. The molecular formula is C14H14Cl2N4OS. The first-order valence-corrected chi connectivity index (χ1v) is 8.46. The smallest absolute Gasteiger partial charge is 0.254 e. The minimum Gasteiger partial charge on any atom is -0.345 e. The van der Waals surface area contributed by atoms with Crippen molar-refractivity contribution >= 4 is 45.6 Å². The van der Waals surface area contributed by atoms with Gasteiger partial charge in [0.25, 0.3) is 5.91 Å². The normalized spacial score (nSPS) is 15.2. The van der Waals surface area contributed by atoms with E-state index in [-0.39, 0.29) is 16.2 Å². The highest BCUT2D eigenvalue weighted by atomic mass is 35.5. The summed E-state index contributed by atoms with van der Waals surface area (Å²) in [6, 6.07) is 3.10. The Bertz CT molecular complexity index is 678. The summed E-state index contributed by atoms with van der Waals surface area (Å²) >= 11 is 13.3. The van der Waals surface area contributed by atoms with E-state index in [0.717, 1.165) is 23.9 Å². The topological polar surface area (TPSA) is 49.3 Å². The standard InChI is InChI=1S/C14H14Cl2N4OS/c1-9-8-22-14(17-9)20-4-2-19(3-5-20)13(21)10-6-11(15)18-12(16)7-10/h6-8H,2-5H2,1H3. The number of halogens is 2. The number of aryl methyl sites for hydroxylation is 1. The summed E-state index contributed by atoms with van der Waals surface area (Å²) < 4.78 is 0. The lowest BCUT2D eigenvalue weighted by Gasteiger charge is -2.34. The van der Waals surface area contributed by atoms with Crippen molar-refractivity contribution in [3.63, 3.8) is 0 Å². The largest absolute Gasteiger partial charge is 0.345 e. The average molecular weight is 357 g/mol. The summed E-state index contributed by atoms with van der Waals surface area (Å²) in [5.74, 6) is -0.0684. The predicted octanol–water partition coefficient (Wildman–Crippen LogP) is 3.12. The fourth-order valence-corrected chi connectivity index (χ4v) is 3.68. The second-order valence-electron chi connectivity index (χ2n) is 5.05. The molecule has 1 aliphatic rings. The van der Waals surface area contributed by atoms with Crippen LogP contribution in [0.4, 0.5) is 5.13 Å². The number of hydrogen-bond donors (Lipinski definition) is 0. The van der Waals surface area contributed by atoms with E-state index in [4.69, 9.17) is 23.2 Å². The summed E-state index contributed by atoms with van der Waals surface area (Å²) in [4.78, 5) is 24.9. The van der Waals surface area contributed by atoms with Crippen molar-refractivity contribution in [3.05, 3.63) is 39.1 Å². The molecule has 0 spiro atoms. The number of rotatable bonds is 2. The molecule has 0 bridgehead atoms. The van der Waals surface area contributed by atoms with Gasteiger partial charge in [0.05, 0.1) is 5.69 Å². The lowest BCUT2D eigenvalue weighted by atomic mass is 10.2. The SMILES string of the molecule is Cc1csc(N2CCN(C(=O)c3cc(Cl)nc(Cl)c3)CC2)n1. The van der Waals surface area contributed by atoms with Crippen molar-refractivity contribution in [3.8, 4) is 0 Å². The molecule has 2 aromatic rings. The van der Waals surface area contributed by atoms with E-state index in [1.54, 1.807) is 28.4 Å². The van der Waals surface area contributed by atoms with Gasteiger partial charge in [-0.05, 0) is 19.1 Å². The van der Waals surface area contributed by atoms with E-state index in [0.29, 0.717) is 18.7 Å². The summed E-state index contributed by atoms with van der Waals surface area (Å²) in [6.45, 7) is 4.82. The minimum absolute atomic E-state index is 0.0684. The number of piperazine rings is 1. The van der Waals surface area contributed by atoms with Crippen LogP contribution in [0.2, 0.25) is 10.3 Å². The van der Waals surface area contributed by atoms with E-state index >= 15 is 0 Å². The van der Waals surface area contributed by atoms with Crippen LogP contribution in [0.1, 0.15) is 16.1 Å². The molecule has 0 atom stereocenters. The number of amides is 1. The van der Waals surface area contributed by atoms with Crippen LogP contribution < -0.4 is 4.90 Å². The van der Waals surface area contributed by atoms with Gasteiger partial charge in [-0.3, -0.25) is 4.79 Å². The predicted molar refractivity (Wildman–Crippen MR) is 89.2 cm³/mol. The molecule has 1 aliphatic heterocycles. The maximum Gasteiger partial charge on any atom is 0.254 e. The molecule has 0 aliphatic carbocycles. The second-order valence-corrected chi connectivity index (χ2v) is 6.66. The van der Waals surface area contributed by atoms with Gasteiger partial charge in [-0.15, -0.1) is 11.3 Å². The van der Waals surface area contributed by atoms with Crippen molar-refractivity contribution in [2.75, 3.05) is 31.1 Å². The lowest BCUT2D eigenvalue weighted by Crippen LogP contribution is -2.48. The van der Waals surface area contributed by atoms with E-state index in [1.807, 2.05) is 12.3 Å². The Balaban J connectivity index is 1.67. The zero-order valence-electron chi connectivity index (χ0n) is 11.9. The maximum absolute atomic E-state index is 12.5. The number of carbonyl (C=O) groups excluding carboxylic acids is 1. The Labute approximate surface area is 142 Å². The highest BCUT2D eigenvalue weighted by Gasteiger charge is 2.24. The van der Waals surface area contributed by atoms with Crippen LogP contribution in [-0.2, 0) is 0 Å². The Hall–Kier alpha value is -1.37. The first kappa shape index (κ1) is 15.5. The van der Waals surface area contributed by atoms with Gasteiger partial charge in [-0.25, -0.2) is 9.97 Å². The number of nitrogens with zero attached hydrogens (tertiary/aromatic N) is 4. The first-order chi connectivity index (χ1) is 10.5. The Morgan fingerprint density at radius 2 is 1.77 bits per heavy atom. The van der Waals surface area contributed by atoms with Crippen molar-refractivity contribution in [2.45, 2.75) is 6.92 Å². The van der Waals surface area contributed by atoms with Gasteiger partial charge in [-0.1, -0.05) is 23.2 Å². The molecule has 3 heterocycles. The van der Waals surface area contributed by atoms with Gasteiger partial charge in [0.1, 0.15) is 10.3 Å². The molecule has 5 nitrogen and oxygen atoms in total. The van der Waals surface area contributed by atoms with Gasteiger partial charge in [0.2, 0.25) is 0 Å². The maximum atomic E-state index is 12.5. The number of thiazole rings is 1. The molecule has 1 saturated heterocycles. The molecule has 1 fully saturated rings. The monoisotopic (exact) mass is 356 g/mol. The Morgan fingerprint density at radius 1 is 1.14 bits per heavy atom. The molecule has 2 aromatic heterocycles. The molecule has 0 radical (unpaired) electrons. The molecule has 0 unspecified atom stereocenters. The number of hydrogen-bond acceptors (Lipinski definition) is 5. The fourth-order valence-electron chi connectivity index (χ4n) is 2.36. The molecule has 22 heavy (non-hydrogen) atoms. The number of aromatic nitrogens is 2. The van der Waals surface area contributed by atoms with Gasteiger partial charge in [-0.2, -0.15) is 0 Å². The second kappa shape index (κ2) is 6.40. The minimum atomic E-state index is -0.0684. The molecule has 0 N–H and O–H groups in total. The third-order valence-electron chi connectivity index (χ3n) is 3.45. The van der Waals surface area contributed by atoms with Crippen LogP contribution in [0.15, 0.2) is 17.5 Å². The average Bonchev–Trinajstić information content (AvgIpc) is 2.92. The van der Waals surface area contributed by atoms with Gasteiger partial charge < -0.3 is 9.80 Å². The zero-order chi connectivity index (χ0) is 15.7. The van der Waals surface area contributed by atoms with Crippen molar-refractivity contribution in [1.29, 1.82) is 0 Å². The number of anilines is 1. The molecule has 116 valence electrons. The molecular weight excluding hydrogens is 343 g/mol. The fraction of sp³-hybridized carbons (Fsp3) is 0.357. The van der Waals surface area contributed by atoms with Crippen LogP contribution in [0.5, 0.6) is 0 Å². The molecule has 0 saturated carbocycles. The summed E-state index contributed by atoms with van der Waals surface area (Å²) in [5, 5.41) is 3.51. The van der Waals surface area contributed by atoms with Crippen LogP contribution in [0.25, 0.3) is 0 Å². The number of pyridine rings is 1. The third kappa shape index (κ3) is 3.34. The number of carbonyl (C=O) groups is 1. The van der Waals surface area contributed by atoms with Crippen molar-refractivity contribution in [2.24, 2.45) is 0 Å². The Kier molecular flexibility index (Phi) is 4.52. The van der Waals surface area contributed by atoms with E-state index in [1.165, 1.54) is 0 Å². The van der Waals surface area contributed by atoms with Crippen molar-refractivity contribution < 1.29 is 4.79 Å². The van der Waals surface area contributed by atoms with Crippen LogP contribution in [-0.4, -0.2) is 47.0 Å². The van der Waals surface area contributed by atoms with Gasteiger partial charge in [0, 0.05) is 37.1 Å². The summed E-state index contributed by atoms with van der Waals surface area (Å²) in [6.07, 6.45) is 0. The van der Waals surface area contributed by atoms with Gasteiger partial charge in [0.15, 0.2) is 5.13 Å². The van der Waals surface area contributed by atoms with Gasteiger partial charge >= 0.3 is 0 Å². The van der Waals surface area contributed by atoms with Crippen LogP contribution in [0.3, 0.4) is 0 Å². The molecule has 3 rings (SSSR count). The molecule has 0 aromatic carbocycles. The summed E-state index contributed by atoms with van der Waals surface area (Å²) in [7, 11) is 0. The van der Waals surface area contributed by atoms with E-state index in [9.17, 15) is 4.79 Å². The molecule has 8 heteroatoms. The highest BCUT2D eigenvalue weighted by molar-refractivity contribution is 7.13. The lowest BCUT2D eigenvalue weighted by molar-refractivity contribution is 0.0746. The van der Waals surface area contributed by atoms with Crippen LogP contribution in [0, 0.1) is 6.92 Å². The third-order valence-corrected chi connectivity index (χ3v) is 4.86. The molecule has 1 amide bonds. The first-order valence-electron chi connectivity index (χ1n) is 6.82.